The fourth-order valence-corrected chi connectivity index (χ4v) is 3.71. The zero-order valence-corrected chi connectivity index (χ0v) is 17.0. The molecule has 2 atom stereocenters. The maximum Gasteiger partial charge on any atom is 0.406 e. The first kappa shape index (κ1) is 22.7. The van der Waals surface area contributed by atoms with Gasteiger partial charge in [0.05, 0.1) is 17.3 Å². The summed E-state index contributed by atoms with van der Waals surface area (Å²) >= 11 is 0. The maximum absolute atomic E-state index is 14.6. The lowest BCUT2D eigenvalue weighted by Gasteiger charge is -2.35. The molecule has 1 aliphatic heterocycles. The van der Waals surface area contributed by atoms with E-state index in [1.807, 2.05) is 11.8 Å². The monoisotopic (exact) mass is 440 g/mol. The molecule has 3 rings (SSSR count). The number of nitrogens with zero attached hydrogens (tertiary/aromatic N) is 2. The van der Waals surface area contributed by atoms with Gasteiger partial charge in [-0.2, -0.15) is 13.2 Å². The molecule has 3 N–H and O–H groups in total. The molecule has 1 aliphatic rings. The highest BCUT2D eigenvalue weighted by Crippen LogP contribution is 2.31. The molecule has 0 radical (unpaired) electrons. The number of amides is 1. The van der Waals surface area contributed by atoms with Crippen LogP contribution in [0.3, 0.4) is 0 Å². The molecular formula is C21H24F4N4O2. The largest absolute Gasteiger partial charge is 0.437 e. The third kappa shape index (κ3) is 5.82. The Hall–Kier alpha value is -2.93. The Morgan fingerprint density at radius 1 is 1.39 bits per heavy atom. The van der Waals surface area contributed by atoms with Gasteiger partial charge in [0.1, 0.15) is 12.7 Å². The van der Waals surface area contributed by atoms with E-state index in [1.165, 1.54) is 6.07 Å². The highest BCUT2D eigenvalue weighted by molar-refractivity contribution is 5.94. The van der Waals surface area contributed by atoms with E-state index in [-0.39, 0.29) is 12.3 Å². The van der Waals surface area contributed by atoms with Crippen LogP contribution >= 0.6 is 0 Å². The summed E-state index contributed by atoms with van der Waals surface area (Å²) in [6.45, 7) is 2.23. The van der Waals surface area contributed by atoms with Crippen LogP contribution < -0.4 is 11.1 Å². The second kappa shape index (κ2) is 9.47. The Morgan fingerprint density at radius 3 is 2.81 bits per heavy atom. The molecule has 0 unspecified atom stereocenters. The van der Waals surface area contributed by atoms with Gasteiger partial charge in [0, 0.05) is 24.2 Å². The third-order valence-corrected chi connectivity index (χ3v) is 5.20. The molecule has 1 saturated heterocycles. The SMILES string of the molecule is CCN1CC[C@@H](Nc2cccc3c2cc(C#CCOC(N)=O)n3CC(F)(F)F)[C@@H](F)C1. The Bertz CT molecular complexity index is 993. The minimum absolute atomic E-state index is 0.104. The van der Waals surface area contributed by atoms with Crippen molar-refractivity contribution in [3.8, 4) is 11.8 Å². The Kier molecular flexibility index (Phi) is 6.95. The summed E-state index contributed by atoms with van der Waals surface area (Å²) in [6, 6.07) is 5.99. The highest BCUT2D eigenvalue weighted by atomic mass is 19.4. The molecule has 2 heterocycles. The number of aromatic nitrogens is 1. The van der Waals surface area contributed by atoms with Crippen molar-refractivity contribution in [2.75, 3.05) is 31.6 Å². The number of halogens is 4. The zero-order chi connectivity index (χ0) is 22.6. The van der Waals surface area contributed by atoms with Crippen molar-refractivity contribution in [1.82, 2.24) is 9.47 Å². The van der Waals surface area contributed by atoms with Crippen molar-refractivity contribution in [3.63, 3.8) is 0 Å². The molecule has 0 saturated carbocycles. The number of rotatable bonds is 5. The summed E-state index contributed by atoms with van der Waals surface area (Å²) in [5, 5.41) is 3.68. The number of hydrogen-bond acceptors (Lipinski definition) is 4. The second-order valence-corrected chi connectivity index (χ2v) is 7.33. The van der Waals surface area contributed by atoms with Gasteiger partial charge in [-0.3, -0.25) is 0 Å². The topological polar surface area (TPSA) is 72.5 Å². The molecule has 168 valence electrons. The molecule has 1 amide bonds. The summed E-state index contributed by atoms with van der Waals surface area (Å²) in [5.41, 5.74) is 5.83. The summed E-state index contributed by atoms with van der Waals surface area (Å²) < 4.78 is 59.7. The minimum Gasteiger partial charge on any atom is -0.437 e. The average Bonchev–Trinajstić information content (AvgIpc) is 3.03. The van der Waals surface area contributed by atoms with Crippen molar-refractivity contribution < 1.29 is 27.1 Å². The number of hydrogen-bond donors (Lipinski definition) is 2. The standard InChI is InChI=1S/C21H24F4N4O2/c1-2-28-9-8-18(16(22)12-28)27-17-6-3-7-19-15(17)11-14(5-4-10-31-20(26)30)29(19)13-21(23,24)25/h3,6-7,11,16,18,27H,2,8-10,12-13H2,1H3,(H2,26,30)/t16-,18+/m0/s1. The van der Waals surface area contributed by atoms with Crippen molar-refractivity contribution in [2.24, 2.45) is 5.73 Å². The average molecular weight is 440 g/mol. The van der Waals surface area contributed by atoms with Crippen molar-refractivity contribution in [1.29, 1.82) is 0 Å². The first-order valence-electron chi connectivity index (χ1n) is 9.91. The number of benzene rings is 1. The van der Waals surface area contributed by atoms with E-state index in [0.717, 1.165) is 17.7 Å². The predicted octanol–water partition coefficient (Wildman–Crippen LogP) is 3.49. The Morgan fingerprint density at radius 2 is 2.16 bits per heavy atom. The molecule has 1 aromatic heterocycles. The van der Waals surface area contributed by atoms with Gasteiger partial charge >= 0.3 is 12.3 Å². The van der Waals surface area contributed by atoms with Crippen molar-refractivity contribution in [3.05, 3.63) is 30.0 Å². The lowest BCUT2D eigenvalue weighted by atomic mass is 10.0. The molecule has 0 aliphatic carbocycles. The van der Waals surface area contributed by atoms with E-state index in [0.29, 0.717) is 29.6 Å². The van der Waals surface area contributed by atoms with E-state index < -0.39 is 31.0 Å². The Labute approximate surface area is 177 Å². The number of primary amides is 1. The van der Waals surface area contributed by atoms with E-state index in [2.05, 4.69) is 21.9 Å². The smallest absolute Gasteiger partial charge is 0.406 e. The van der Waals surface area contributed by atoms with Gasteiger partial charge in [0.2, 0.25) is 0 Å². The van der Waals surface area contributed by atoms with Crippen LogP contribution in [0.15, 0.2) is 24.3 Å². The van der Waals surface area contributed by atoms with E-state index in [9.17, 15) is 22.4 Å². The molecule has 2 aromatic rings. The minimum atomic E-state index is -4.47. The summed E-state index contributed by atoms with van der Waals surface area (Å²) in [5.74, 6) is 5.10. The number of likely N-dealkylation sites (tertiary alicyclic amines) is 1. The van der Waals surface area contributed by atoms with Gasteiger partial charge in [-0.05, 0) is 37.1 Å². The maximum atomic E-state index is 14.6. The van der Waals surface area contributed by atoms with Crippen LogP contribution in [-0.2, 0) is 11.3 Å². The van der Waals surface area contributed by atoms with E-state index in [4.69, 9.17) is 5.73 Å². The molecule has 0 bridgehead atoms. The van der Waals surface area contributed by atoms with Crippen LogP contribution in [0.4, 0.5) is 28.0 Å². The molecule has 0 spiro atoms. The number of nitrogens with two attached hydrogens (primary N) is 1. The summed E-state index contributed by atoms with van der Waals surface area (Å²) in [6.07, 6.45) is -5.99. The Balaban J connectivity index is 1.93. The fourth-order valence-electron chi connectivity index (χ4n) is 3.71. The quantitative estimate of drug-likeness (QED) is 0.552. The number of ether oxygens (including phenoxy) is 1. The number of anilines is 1. The fraction of sp³-hybridized carbons (Fsp3) is 0.476. The molecule has 1 aromatic carbocycles. The van der Waals surface area contributed by atoms with Crippen molar-refractivity contribution >= 4 is 22.7 Å². The molecule has 6 nitrogen and oxygen atoms in total. The van der Waals surface area contributed by atoms with Crippen LogP contribution in [0.5, 0.6) is 0 Å². The number of carbonyl (C=O) groups is 1. The summed E-state index contributed by atoms with van der Waals surface area (Å²) in [7, 11) is 0. The number of carbonyl (C=O) groups excluding carboxylic acids is 1. The summed E-state index contributed by atoms with van der Waals surface area (Å²) in [4.78, 5) is 12.7. The van der Waals surface area contributed by atoms with Crippen LogP contribution in [0, 0.1) is 11.8 Å². The molecule has 1 fully saturated rings. The van der Waals surface area contributed by atoms with Gasteiger partial charge in [0.25, 0.3) is 0 Å². The molecule has 31 heavy (non-hydrogen) atoms. The van der Waals surface area contributed by atoms with Crippen LogP contribution in [0.2, 0.25) is 0 Å². The van der Waals surface area contributed by atoms with Crippen molar-refractivity contribution in [2.45, 2.75) is 38.3 Å². The number of alkyl halides is 4. The first-order valence-corrected chi connectivity index (χ1v) is 9.91. The third-order valence-electron chi connectivity index (χ3n) is 5.20. The van der Waals surface area contributed by atoms with Crippen LogP contribution in [0.1, 0.15) is 19.0 Å². The highest BCUT2D eigenvalue weighted by Gasteiger charge is 2.31. The van der Waals surface area contributed by atoms with Gasteiger partial charge in [-0.1, -0.05) is 18.9 Å². The van der Waals surface area contributed by atoms with Gasteiger partial charge in [-0.25, -0.2) is 9.18 Å². The van der Waals surface area contributed by atoms with Crippen LogP contribution in [-0.4, -0.2) is 60.2 Å². The predicted molar refractivity (Wildman–Crippen MR) is 109 cm³/mol. The lowest BCUT2D eigenvalue weighted by molar-refractivity contribution is -0.140. The zero-order valence-electron chi connectivity index (χ0n) is 17.0. The second-order valence-electron chi connectivity index (χ2n) is 7.33. The van der Waals surface area contributed by atoms with E-state index >= 15 is 0 Å². The van der Waals surface area contributed by atoms with Crippen LogP contribution in [0.25, 0.3) is 10.9 Å². The number of nitrogens with one attached hydrogen (secondary N) is 1. The lowest BCUT2D eigenvalue weighted by Crippen LogP contribution is -2.47. The van der Waals surface area contributed by atoms with Gasteiger partial charge in [-0.15, -0.1) is 0 Å². The first-order chi connectivity index (χ1) is 14.7. The number of piperidine rings is 1. The van der Waals surface area contributed by atoms with Gasteiger partial charge < -0.3 is 25.3 Å². The van der Waals surface area contributed by atoms with Gasteiger partial charge in [0.15, 0.2) is 6.61 Å². The van der Waals surface area contributed by atoms with E-state index in [1.54, 1.807) is 18.2 Å². The molecule has 10 heteroatoms. The normalized spacial score (nSPS) is 19.6. The number of fused-ring (bicyclic) bond motifs is 1. The molecular weight excluding hydrogens is 416 g/mol.